The predicted octanol–water partition coefficient (Wildman–Crippen LogP) is 1.71. The van der Waals surface area contributed by atoms with Crippen LogP contribution < -0.4 is 5.32 Å². The van der Waals surface area contributed by atoms with E-state index in [2.05, 4.69) is 12.2 Å². The molecule has 1 heterocycles. The third-order valence-electron chi connectivity index (χ3n) is 4.93. The molecule has 0 bridgehead atoms. The molecule has 5 N–H and O–H groups in total. The van der Waals surface area contributed by atoms with Crippen LogP contribution in [-0.2, 0) is 0 Å². The van der Waals surface area contributed by atoms with Crippen molar-refractivity contribution in [3.05, 3.63) is 0 Å². The molecule has 138 valence electrons. The molecule has 1 fully saturated rings. The lowest BCUT2D eigenvalue weighted by atomic mass is 9.89. The van der Waals surface area contributed by atoms with Crippen molar-refractivity contribution in [3.63, 3.8) is 0 Å². The Kier molecular flexibility index (Phi) is 11.1. The quantitative estimate of drug-likeness (QED) is 0.351. The summed E-state index contributed by atoms with van der Waals surface area (Å²) in [7, 11) is 0. The van der Waals surface area contributed by atoms with Gasteiger partial charge in [-0.05, 0) is 19.3 Å². The van der Waals surface area contributed by atoms with E-state index >= 15 is 0 Å². The van der Waals surface area contributed by atoms with E-state index in [1.807, 2.05) is 0 Å². The SMILES string of the molecule is CCCCCCCCCC[C@H](O)C[C@H]1C[C@H](O)[C@@H](O)[C@@H](CO)N1. The monoisotopic (exact) mass is 331 g/mol. The second-order valence-corrected chi connectivity index (χ2v) is 7.10. The van der Waals surface area contributed by atoms with E-state index in [9.17, 15) is 20.4 Å². The number of rotatable bonds is 12. The lowest BCUT2D eigenvalue weighted by Crippen LogP contribution is -2.59. The lowest BCUT2D eigenvalue weighted by Gasteiger charge is -2.38. The minimum absolute atomic E-state index is 0.0467. The Morgan fingerprint density at radius 3 is 2.22 bits per heavy atom. The van der Waals surface area contributed by atoms with Gasteiger partial charge in [0.2, 0.25) is 0 Å². The number of nitrogens with one attached hydrogen (secondary N) is 1. The molecule has 0 saturated carbocycles. The standard InChI is InChI=1S/C18H37NO4/c1-2-3-4-5-6-7-8-9-10-15(21)11-14-12-17(22)18(23)16(13-20)19-14/h14-23H,2-13H2,1H3/t14-,15-,16+,17-,18-/m0/s1. The summed E-state index contributed by atoms with van der Waals surface area (Å²) < 4.78 is 0. The third kappa shape index (κ3) is 8.45. The number of unbranched alkanes of at least 4 members (excludes halogenated alkanes) is 7. The van der Waals surface area contributed by atoms with Gasteiger partial charge < -0.3 is 25.7 Å². The summed E-state index contributed by atoms with van der Waals surface area (Å²) in [4.78, 5) is 0. The minimum Gasteiger partial charge on any atom is -0.395 e. The van der Waals surface area contributed by atoms with Crippen LogP contribution in [0.15, 0.2) is 0 Å². The fourth-order valence-corrected chi connectivity index (χ4v) is 3.45. The van der Waals surface area contributed by atoms with E-state index in [1.165, 1.54) is 44.9 Å². The average Bonchev–Trinajstić information content (AvgIpc) is 2.53. The Hall–Kier alpha value is -0.200. The van der Waals surface area contributed by atoms with Crippen LogP contribution in [0, 0.1) is 0 Å². The molecule has 0 spiro atoms. The van der Waals surface area contributed by atoms with Gasteiger partial charge in [0.25, 0.3) is 0 Å². The Morgan fingerprint density at radius 1 is 1.00 bits per heavy atom. The third-order valence-corrected chi connectivity index (χ3v) is 4.93. The zero-order valence-electron chi connectivity index (χ0n) is 14.7. The van der Waals surface area contributed by atoms with E-state index in [0.717, 1.165) is 12.8 Å². The lowest BCUT2D eigenvalue weighted by molar-refractivity contribution is -0.0559. The van der Waals surface area contributed by atoms with Gasteiger partial charge in [0.05, 0.1) is 31.0 Å². The van der Waals surface area contributed by atoms with E-state index in [4.69, 9.17) is 0 Å². The highest BCUT2D eigenvalue weighted by Crippen LogP contribution is 2.20. The maximum Gasteiger partial charge on any atom is 0.0974 e. The van der Waals surface area contributed by atoms with Crippen LogP contribution in [0.4, 0.5) is 0 Å². The Balaban J connectivity index is 2.08. The van der Waals surface area contributed by atoms with Crippen molar-refractivity contribution in [1.29, 1.82) is 0 Å². The zero-order valence-corrected chi connectivity index (χ0v) is 14.7. The van der Waals surface area contributed by atoms with E-state index in [0.29, 0.717) is 12.8 Å². The van der Waals surface area contributed by atoms with Gasteiger partial charge in [-0.3, -0.25) is 0 Å². The van der Waals surface area contributed by atoms with Gasteiger partial charge in [0.1, 0.15) is 0 Å². The molecule has 1 aliphatic heterocycles. The zero-order chi connectivity index (χ0) is 17.1. The summed E-state index contributed by atoms with van der Waals surface area (Å²) in [6.07, 6.45) is 9.67. The number of hydrogen-bond donors (Lipinski definition) is 5. The molecule has 0 amide bonds. The first-order chi connectivity index (χ1) is 11.1. The smallest absolute Gasteiger partial charge is 0.0974 e. The topological polar surface area (TPSA) is 93.0 Å². The van der Waals surface area contributed by atoms with Gasteiger partial charge in [-0.1, -0.05) is 58.3 Å². The second kappa shape index (κ2) is 12.2. The first-order valence-electron chi connectivity index (χ1n) is 9.49. The molecule has 1 saturated heterocycles. The largest absolute Gasteiger partial charge is 0.395 e. The number of piperidine rings is 1. The Bertz CT molecular complexity index is 290. The number of hydrogen-bond acceptors (Lipinski definition) is 5. The molecule has 23 heavy (non-hydrogen) atoms. The molecule has 1 aliphatic rings. The summed E-state index contributed by atoms with van der Waals surface area (Å²) in [5.74, 6) is 0. The van der Waals surface area contributed by atoms with E-state index in [-0.39, 0.29) is 18.8 Å². The maximum atomic E-state index is 10.1. The van der Waals surface area contributed by atoms with Crippen molar-refractivity contribution in [2.45, 2.75) is 108 Å². The first kappa shape index (κ1) is 20.8. The molecular weight excluding hydrogens is 294 g/mol. The van der Waals surface area contributed by atoms with Gasteiger partial charge in [-0.2, -0.15) is 0 Å². The van der Waals surface area contributed by atoms with Crippen LogP contribution in [0.1, 0.15) is 77.6 Å². The number of aliphatic hydroxyl groups is 4. The molecular formula is C18H37NO4. The molecule has 0 aromatic carbocycles. The molecule has 0 radical (unpaired) electrons. The highest BCUT2D eigenvalue weighted by molar-refractivity contribution is 4.92. The minimum atomic E-state index is -0.930. The fraction of sp³-hybridized carbons (Fsp3) is 1.00. The normalized spacial score (nSPS) is 29.6. The van der Waals surface area contributed by atoms with Crippen LogP contribution in [0.2, 0.25) is 0 Å². The van der Waals surface area contributed by atoms with Crippen molar-refractivity contribution in [1.82, 2.24) is 5.32 Å². The summed E-state index contributed by atoms with van der Waals surface area (Å²) in [5, 5.41) is 42.0. The summed E-state index contributed by atoms with van der Waals surface area (Å²) in [6, 6.07) is -0.548. The molecule has 0 aromatic rings. The molecule has 0 aromatic heterocycles. The summed E-state index contributed by atoms with van der Waals surface area (Å²) >= 11 is 0. The van der Waals surface area contributed by atoms with E-state index in [1.54, 1.807) is 0 Å². The predicted molar refractivity (Wildman–Crippen MR) is 92.3 cm³/mol. The molecule has 5 nitrogen and oxygen atoms in total. The van der Waals surface area contributed by atoms with Crippen molar-refractivity contribution in [2.24, 2.45) is 0 Å². The van der Waals surface area contributed by atoms with Crippen LogP contribution in [0.5, 0.6) is 0 Å². The molecule has 0 unspecified atom stereocenters. The number of aliphatic hydroxyl groups excluding tert-OH is 4. The maximum absolute atomic E-state index is 10.1. The Morgan fingerprint density at radius 2 is 1.61 bits per heavy atom. The fourth-order valence-electron chi connectivity index (χ4n) is 3.45. The Labute approximate surface area is 141 Å². The second-order valence-electron chi connectivity index (χ2n) is 7.10. The molecule has 5 atom stereocenters. The average molecular weight is 331 g/mol. The summed E-state index contributed by atoms with van der Waals surface area (Å²) in [5.41, 5.74) is 0. The van der Waals surface area contributed by atoms with Gasteiger partial charge in [-0.15, -0.1) is 0 Å². The first-order valence-corrected chi connectivity index (χ1v) is 9.49. The van der Waals surface area contributed by atoms with Gasteiger partial charge in [0, 0.05) is 6.04 Å². The molecule has 1 rings (SSSR count). The van der Waals surface area contributed by atoms with Gasteiger partial charge >= 0.3 is 0 Å². The van der Waals surface area contributed by atoms with Crippen LogP contribution in [0.25, 0.3) is 0 Å². The van der Waals surface area contributed by atoms with Gasteiger partial charge in [-0.25, -0.2) is 0 Å². The van der Waals surface area contributed by atoms with Crippen LogP contribution >= 0.6 is 0 Å². The van der Waals surface area contributed by atoms with Crippen molar-refractivity contribution in [2.75, 3.05) is 6.61 Å². The van der Waals surface area contributed by atoms with Crippen molar-refractivity contribution < 1.29 is 20.4 Å². The van der Waals surface area contributed by atoms with Crippen molar-refractivity contribution in [3.8, 4) is 0 Å². The van der Waals surface area contributed by atoms with Crippen molar-refractivity contribution >= 4 is 0 Å². The summed E-state index contributed by atoms with van der Waals surface area (Å²) in [6.45, 7) is 2.02. The molecule has 0 aliphatic carbocycles. The highest BCUT2D eigenvalue weighted by Gasteiger charge is 2.35. The highest BCUT2D eigenvalue weighted by atomic mass is 16.3. The molecule has 5 heteroatoms. The van der Waals surface area contributed by atoms with Crippen LogP contribution in [0.3, 0.4) is 0 Å². The van der Waals surface area contributed by atoms with Crippen LogP contribution in [-0.4, -0.2) is 57.4 Å². The van der Waals surface area contributed by atoms with E-state index < -0.39 is 18.2 Å². The van der Waals surface area contributed by atoms with Gasteiger partial charge in [0.15, 0.2) is 0 Å².